The van der Waals surface area contributed by atoms with Gasteiger partial charge in [-0.1, -0.05) is 12.8 Å². The Bertz CT molecular complexity index is 1310. The van der Waals surface area contributed by atoms with Crippen molar-refractivity contribution in [3.63, 3.8) is 0 Å². The molecule has 11 heteroatoms. The van der Waals surface area contributed by atoms with Gasteiger partial charge in [0.25, 0.3) is 11.8 Å². The van der Waals surface area contributed by atoms with E-state index < -0.39 is 21.8 Å². The molecule has 1 fully saturated rings. The molecule has 1 aliphatic carbocycles. The van der Waals surface area contributed by atoms with Crippen LogP contribution in [0, 0.1) is 0 Å². The van der Waals surface area contributed by atoms with Crippen molar-refractivity contribution >= 4 is 27.5 Å². The summed E-state index contributed by atoms with van der Waals surface area (Å²) in [6, 6.07) is 12.4. The zero-order valence-corrected chi connectivity index (χ0v) is 19.3. The zero-order valence-electron chi connectivity index (χ0n) is 18.5. The molecule has 1 heterocycles. The highest BCUT2D eigenvalue weighted by molar-refractivity contribution is 7.89. The Hall–Kier alpha value is -3.70. The van der Waals surface area contributed by atoms with E-state index in [0.29, 0.717) is 11.4 Å². The van der Waals surface area contributed by atoms with E-state index in [9.17, 15) is 18.0 Å². The predicted molar refractivity (Wildman–Crippen MR) is 126 cm³/mol. The van der Waals surface area contributed by atoms with Gasteiger partial charge in [-0.15, -0.1) is 0 Å². The number of aromatic nitrogens is 2. The molecule has 0 unspecified atom stereocenters. The molecule has 0 atom stereocenters. The normalized spacial score (nSPS) is 14.1. The number of nitrogens with one attached hydrogen (secondary N) is 2. The van der Waals surface area contributed by atoms with E-state index in [0.717, 1.165) is 25.7 Å². The molecule has 10 nitrogen and oxygen atoms in total. The molecule has 1 aliphatic rings. The molecule has 0 radical (unpaired) electrons. The van der Waals surface area contributed by atoms with Crippen LogP contribution in [0.3, 0.4) is 0 Å². The van der Waals surface area contributed by atoms with E-state index in [1.54, 1.807) is 30.5 Å². The molecule has 0 saturated heterocycles. The third-order valence-corrected chi connectivity index (χ3v) is 7.17. The van der Waals surface area contributed by atoms with Gasteiger partial charge in [0, 0.05) is 23.5 Å². The standard InChI is InChI=1S/C23H25N5O5S/c1-33-20-11-6-15(14-21(20)34(31,32)27-17-4-2-3-5-17)23(30)25-16-7-9-18(10-8-16)28-13-12-19(26-28)22(24)29/h6-14,17,27H,2-5H2,1H3,(H2,24,29)(H,25,30). The second-order valence-corrected chi connectivity index (χ2v) is 9.66. The molecule has 4 N–H and O–H groups in total. The summed E-state index contributed by atoms with van der Waals surface area (Å²) in [4.78, 5) is 24.0. The van der Waals surface area contributed by atoms with Crippen LogP contribution in [-0.4, -0.2) is 43.2 Å². The van der Waals surface area contributed by atoms with Crippen molar-refractivity contribution in [2.75, 3.05) is 12.4 Å². The SMILES string of the molecule is COc1ccc(C(=O)Nc2ccc(-n3ccc(C(N)=O)n3)cc2)cc1S(=O)(=O)NC1CCCC1. The van der Waals surface area contributed by atoms with Crippen molar-refractivity contribution in [2.24, 2.45) is 5.73 Å². The summed E-state index contributed by atoms with van der Waals surface area (Å²) in [5.74, 6) is -0.925. The Morgan fingerprint density at radius 2 is 1.79 bits per heavy atom. The molecule has 2 aromatic carbocycles. The number of nitrogens with zero attached hydrogens (tertiary/aromatic N) is 2. The largest absolute Gasteiger partial charge is 0.495 e. The summed E-state index contributed by atoms with van der Waals surface area (Å²) in [5.41, 5.74) is 6.71. The van der Waals surface area contributed by atoms with E-state index in [-0.39, 0.29) is 27.9 Å². The second kappa shape index (κ2) is 9.65. The van der Waals surface area contributed by atoms with Crippen LogP contribution in [0.4, 0.5) is 5.69 Å². The highest BCUT2D eigenvalue weighted by atomic mass is 32.2. The smallest absolute Gasteiger partial charge is 0.269 e. The maximum absolute atomic E-state index is 13.0. The molecular formula is C23H25N5O5S. The zero-order chi connectivity index (χ0) is 24.3. The Labute approximate surface area is 197 Å². The van der Waals surface area contributed by atoms with Gasteiger partial charge in [-0.25, -0.2) is 17.8 Å². The van der Waals surface area contributed by atoms with E-state index in [4.69, 9.17) is 10.5 Å². The number of amides is 2. The van der Waals surface area contributed by atoms with Gasteiger partial charge < -0.3 is 15.8 Å². The minimum absolute atomic E-state index is 0.0752. The van der Waals surface area contributed by atoms with Gasteiger partial charge in [-0.2, -0.15) is 5.10 Å². The fourth-order valence-electron chi connectivity index (χ4n) is 3.85. The van der Waals surface area contributed by atoms with Crippen LogP contribution in [0.2, 0.25) is 0 Å². The van der Waals surface area contributed by atoms with Gasteiger partial charge in [0.2, 0.25) is 10.0 Å². The number of hydrogen-bond acceptors (Lipinski definition) is 6. The fourth-order valence-corrected chi connectivity index (χ4v) is 5.35. The first-order chi connectivity index (χ1) is 16.3. The molecule has 1 saturated carbocycles. The Morgan fingerprint density at radius 1 is 1.09 bits per heavy atom. The van der Waals surface area contributed by atoms with Crippen molar-refractivity contribution in [1.82, 2.24) is 14.5 Å². The molecule has 178 valence electrons. The highest BCUT2D eigenvalue weighted by Gasteiger charge is 2.26. The Kier molecular flexibility index (Phi) is 6.66. The summed E-state index contributed by atoms with van der Waals surface area (Å²) in [6.07, 6.45) is 5.16. The lowest BCUT2D eigenvalue weighted by Gasteiger charge is -2.16. The average Bonchev–Trinajstić information content (AvgIpc) is 3.51. The Balaban J connectivity index is 1.51. The number of benzene rings is 2. The number of sulfonamides is 1. The van der Waals surface area contributed by atoms with E-state index in [2.05, 4.69) is 15.1 Å². The lowest BCUT2D eigenvalue weighted by Crippen LogP contribution is -2.33. The quantitative estimate of drug-likeness (QED) is 0.449. The van der Waals surface area contributed by atoms with Gasteiger partial charge in [0.05, 0.1) is 12.8 Å². The topological polar surface area (TPSA) is 145 Å². The van der Waals surface area contributed by atoms with Crippen LogP contribution in [-0.2, 0) is 10.0 Å². The van der Waals surface area contributed by atoms with Gasteiger partial charge in [-0.05, 0) is 61.4 Å². The molecule has 0 spiro atoms. The van der Waals surface area contributed by atoms with E-state index in [1.165, 1.54) is 36.1 Å². The number of ether oxygens (including phenoxy) is 1. The molecular weight excluding hydrogens is 458 g/mol. The average molecular weight is 484 g/mol. The molecule has 3 aromatic rings. The number of anilines is 1. The molecule has 0 aliphatic heterocycles. The molecule has 2 amide bonds. The first-order valence-corrected chi connectivity index (χ1v) is 12.2. The number of nitrogens with two attached hydrogens (primary N) is 1. The Morgan fingerprint density at radius 3 is 2.41 bits per heavy atom. The first-order valence-electron chi connectivity index (χ1n) is 10.7. The van der Waals surface area contributed by atoms with E-state index in [1.807, 2.05) is 0 Å². The van der Waals surface area contributed by atoms with Crippen LogP contribution in [0.1, 0.15) is 46.5 Å². The highest BCUT2D eigenvalue weighted by Crippen LogP contribution is 2.27. The number of carbonyl (C=O) groups excluding carboxylic acids is 2. The van der Waals surface area contributed by atoms with Crippen LogP contribution < -0.4 is 20.5 Å². The first kappa shape index (κ1) is 23.5. The summed E-state index contributed by atoms with van der Waals surface area (Å²) >= 11 is 0. The molecule has 0 bridgehead atoms. The van der Waals surface area contributed by atoms with Crippen molar-refractivity contribution in [3.05, 3.63) is 66.0 Å². The van der Waals surface area contributed by atoms with Crippen molar-refractivity contribution in [1.29, 1.82) is 0 Å². The van der Waals surface area contributed by atoms with Gasteiger partial charge >= 0.3 is 0 Å². The minimum atomic E-state index is -3.85. The van der Waals surface area contributed by atoms with Crippen molar-refractivity contribution in [3.8, 4) is 11.4 Å². The number of hydrogen-bond donors (Lipinski definition) is 3. The monoisotopic (exact) mass is 483 g/mol. The van der Waals surface area contributed by atoms with Crippen LogP contribution in [0.15, 0.2) is 59.6 Å². The summed E-state index contributed by atoms with van der Waals surface area (Å²) in [6.45, 7) is 0. The predicted octanol–water partition coefficient (Wildman–Crippen LogP) is 2.45. The number of primary amides is 1. The molecule has 34 heavy (non-hydrogen) atoms. The number of methoxy groups -OCH3 is 1. The van der Waals surface area contributed by atoms with Crippen LogP contribution in [0.5, 0.6) is 5.75 Å². The lowest BCUT2D eigenvalue weighted by molar-refractivity contribution is 0.0993. The fraction of sp³-hybridized carbons (Fsp3) is 0.261. The maximum Gasteiger partial charge on any atom is 0.269 e. The van der Waals surface area contributed by atoms with Gasteiger partial charge in [0.15, 0.2) is 0 Å². The second-order valence-electron chi connectivity index (χ2n) is 7.98. The van der Waals surface area contributed by atoms with Crippen molar-refractivity contribution in [2.45, 2.75) is 36.6 Å². The third kappa shape index (κ3) is 5.10. The maximum atomic E-state index is 13.0. The number of carbonyl (C=O) groups is 2. The van der Waals surface area contributed by atoms with Gasteiger partial charge in [0.1, 0.15) is 16.3 Å². The van der Waals surface area contributed by atoms with Gasteiger partial charge in [-0.3, -0.25) is 9.59 Å². The summed E-state index contributed by atoms with van der Waals surface area (Å²) in [7, 11) is -2.47. The van der Waals surface area contributed by atoms with Crippen LogP contribution in [0.25, 0.3) is 5.69 Å². The van der Waals surface area contributed by atoms with Crippen LogP contribution >= 0.6 is 0 Å². The number of rotatable bonds is 8. The van der Waals surface area contributed by atoms with E-state index >= 15 is 0 Å². The van der Waals surface area contributed by atoms with Crippen molar-refractivity contribution < 1.29 is 22.7 Å². The summed E-state index contributed by atoms with van der Waals surface area (Å²) < 4.78 is 35.4. The third-order valence-electron chi connectivity index (χ3n) is 5.62. The lowest BCUT2D eigenvalue weighted by atomic mass is 10.2. The minimum Gasteiger partial charge on any atom is -0.495 e. The summed E-state index contributed by atoms with van der Waals surface area (Å²) in [5, 5.41) is 6.83. The molecule has 1 aromatic heterocycles. The molecule has 4 rings (SSSR count).